The number of rotatable bonds is 4. The summed E-state index contributed by atoms with van der Waals surface area (Å²) < 4.78 is 19.5. The fourth-order valence-corrected chi connectivity index (χ4v) is 2.90. The highest BCUT2D eigenvalue weighted by Crippen LogP contribution is 2.25. The van der Waals surface area contributed by atoms with Crippen LogP contribution in [0.15, 0.2) is 48.5 Å². The van der Waals surface area contributed by atoms with Crippen LogP contribution >= 0.6 is 0 Å². The average Bonchev–Trinajstić information content (AvgIpc) is 2.62. The predicted molar refractivity (Wildman–Crippen MR) is 88.8 cm³/mol. The molecule has 0 aromatic heterocycles. The minimum absolute atomic E-state index is 0.102. The van der Waals surface area contributed by atoms with Crippen molar-refractivity contribution in [2.45, 2.75) is 12.5 Å². The van der Waals surface area contributed by atoms with E-state index in [0.29, 0.717) is 24.3 Å². The van der Waals surface area contributed by atoms with Crippen molar-refractivity contribution in [1.82, 2.24) is 4.90 Å². The van der Waals surface area contributed by atoms with E-state index < -0.39 is 12.1 Å². The Balaban J connectivity index is 1.69. The maximum atomic E-state index is 13.9. The summed E-state index contributed by atoms with van der Waals surface area (Å²) >= 11 is 0. The first-order valence-corrected chi connectivity index (χ1v) is 8.00. The van der Waals surface area contributed by atoms with E-state index >= 15 is 0 Å². The Morgan fingerprint density at radius 3 is 2.76 bits per heavy atom. The zero-order chi connectivity index (χ0) is 17.8. The van der Waals surface area contributed by atoms with E-state index in [1.807, 2.05) is 0 Å². The number of aromatic carboxylic acids is 1. The molecule has 1 atom stereocenters. The molecule has 1 aliphatic heterocycles. The van der Waals surface area contributed by atoms with Gasteiger partial charge in [0.15, 0.2) is 0 Å². The van der Waals surface area contributed by atoms with Gasteiger partial charge in [0.1, 0.15) is 11.9 Å². The van der Waals surface area contributed by atoms with Gasteiger partial charge in [-0.1, -0.05) is 30.3 Å². The Morgan fingerprint density at radius 2 is 2.00 bits per heavy atom. The molecule has 0 spiro atoms. The molecule has 1 saturated heterocycles. The zero-order valence-corrected chi connectivity index (χ0v) is 13.5. The van der Waals surface area contributed by atoms with Crippen molar-refractivity contribution < 1.29 is 23.8 Å². The highest BCUT2D eigenvalue weighted by Gasteiger charge is 2.27. The topological polar surface area (TPSA) is 66.8 Å². The van der Waals surface area contributed by atoms with Crippen LogP contribution in [0.5, 0.6) is 0 Å². The first kappa shape index (κ1) is 17.1. The van der Waals surface area contributed by atoms with E-state index in [4.69, 9.17) is 9.84 Å². The Hall–Kier alpha value is -2.73. The number of hydrogen-bond acceptors (Lipinski definition) is 3. The van der Waals surface area contributed by atoms with Gasteiger partial charge in [0.05, 0.1) is 25.1 Å². The Morgan fingerprint density at radius 1 is 1.20 bits per heavy atom. The standard InChI is InChI=1S/C19H18FNO4/c20-16-7-2-1-6-15(16)17-12-21(8-9-25-17)18(22)11-13-4-3-5-14(10-13)19(23)24/h1-7,10,17H,8-9,11-12H2,(H,23,24)/t17-/m1/s1. The van der Waals surface area contributed by atoms with Gasteiger partial charge in [-0.3, -0.25) is 4.79 Å². The summed E-state index contributed by atoms with van der Waals surface area (Å²) in [7, 11) is 0. The first-order valence-electron chi connectivity index (χ1n) is 8.00. The minimum Gasteiger partial charge on any atom is -0.478 e. The third kappa shape index (κ3) is 4.03. The van der Waals surface area contributed by atoms with Gasteiger partial charge in [-0.15, -0.1) is 0 Å². The molecule has 5 nitrogen and oxygen atoms in total. The summed E-state index contributed by atoms with van der Waals surface area (Å²) in [6.45, 7) is 1.04. The van der Waals surface area contributed by atoms with Gasteiger partial charge in [-0.25, -0.2) is 9.18 Å². The first-order chi connectivity index (χ1) is 12.0. The van der Waals surface area contributed by atoms with Crippen molar-refractivity contribution in [1.29, 1.82) is 0 Å². The van der Waals surface area contributed by atoms with Crippen LogP contribution in [-0.2, 0) is 16.0 Å². The van der Waals surface area contributed by atoms with Crippen LogP contribution in [-0.4, -0.2) is 41.6 Å². The normalized spacial score (nSPS) is 17.3. The van der Waals surface area contributed by atoms with E-state index in [2.05, 4.69) is 0 Å². The van der Waals surface area contributed by atoms with Crippen LogP contribution in [0.1, 0.15) is 27.6 Å². The van der Waals surface area contributed by atoms with Gasteiger partial charge in [0.2, 0.25) is 5.91 Å². The molecule has 0 saturated carbocycles. The molecule has 2 aromatic carbocycles. The minimum atomic E-state index is -1.03. The summed E-state index contributed by atoms with van der Waals surface area (Å²) in [4.78, 5) is 25.2. The Kier molecular flexibility index (Phi) is 5.09. The number of carboxylic acids is 1. The van der Waals surface area contributed by atoms with Crippen molar-refractivity contribution in [2.75, 3.05) is 19.7 Å². The number of ether oxygens (including phenoxy) is 1. The van der Waals surface area contributed by atoms with E-state index in [9.17, 15) is 14.0 Å². The summed E-state index contributed by atoms with van der Waals surface area (Å²) in [5, 5.41) is 9.03. The lowest BCUT2D eigenvalue weighted by Gasteiger charge is -2.33. The lowest BCUT2D eigenvalue weighted by molar-refractivity contribution is -0.138. The molecule has 0 aliphatic carbocycles. The van der Waals surface area contributed by atoms with Crippen molar-refractivity contribution in [2.24, 2.45) is 0 Å². The van der Waals surface area contributed by atoms with Crippen LogP contribution < -0.4 is 0 Å². The lowest BCUT2D eigenvalue weighted by atomic mass is 10.1. The number of carboxylic acid groups (broad SMARTS) is 1. The van der Waals surface area contributed by atoms with Crippen molar-refractivity contribution in [3.05, 3.63) is 71.0 Å². The quantitative estimate of drug-likeness (QED) is 0.927. The van der Waals surface area contributed by atoms with Gasteiger partial charge in [-0.2, -0.15) is 0 Å². The predicted octanol–water partition coefficient (Wildman–Crippen LogP) is 2.67. The molecule has 1 fully saturated rings. The molecule has 0 bridgehead atoms. The zero-order valence-electron chi connectivity index (χ0n) is 13.5. The monoisotopic (exact) mass is 343 g/mol. The molecule has 1 N–H and O–H groups in total. The second-order valence-electron chi connectivity index (χ2n) is 5.90. The van der Waals surface area contributed by atoms with Crippen LogP contribution in [0.4, 0.5) is 4.39 Å². The largest absolute Gasteiger partial charge is 0.478 e. The fourth-order valence-electron chi connectivity index (χ4n) is 2.90. The molecule has 1 heterocycles. The smallest absolute Gasteiger partial charge is 0.335 e. The van der Waals surface area contributed by atoms with Crippen LogP contribution in [0.2, 0.25) is 0 Å². The van der Waals surface area contributed by atoms with E-state index in [1.165, 1.54) is 18.2 Å². The molecule has 0 unspecified atom stereocenters. The maximum absolute atomic E-state index is 13.9. The molecule has 6 heteroatoms. The summed E-state index contributed by atoms with van der Waals surface area (Å²) in [6.07, 6.45) is -0.394. The van der Waals surface area contributed by atoms with E-state index in [0.717, 1.165) is 0 Å². The third-order valence-corrected chi connectivity index (χ3v) is 4.20. The van der Waals surface area contributed by atoms with Crippen molar-refractivity contribution in [3.8, 4) is 0 Å². The van der Waals surface area contributed by atoms with Crippen molar-refractivity contribution >= 4 is 11.9 Å². The summed E-state index contributed by atoms with van der Waals surface area (Å²) in [5.74, 6) is -1.51. The molecule has 3 rings (SSSR count). The highest BCUT2D eigenvalue weighted by atomic mass is 19.1. The molecular weight excluding hydrogens is 325 g/mol. The molecule has 25 heavy (non-hydrogen) atoms. The average molecular weight is 343 g/mol. The number of carbonyl (C=O) groups excluding carboxylic acids is 1. The number of halogens is 1. The Labute approximate surface area is 144 Å². The molecular formula is C19H18FNO4. The molecule has 0 radical (unpaired) electrons. The van der Waals surface area contributed by atoms with Crippen molar-refractivity contribution in [3.63, 3.8) is 0 Å². The third-order valence-electron chi connectivity index (χ3n) is 4.20. The molecule has 1 amide bonds. The van der Waals surface area contributed by atoms with Gasteiger partial charge in [-0.05, 0) is 23.8 Å². The van der Waals surface area contributed by atoms with Crippen LogP contribution in [0.25, 0.3) is 0 Å². The molecule has 2 aromatic rings. The van der Waals surface area contributed by atoms with Crippen LogP contribution in [0, 0.1) is 5.82 Å². The summed E-state index contributed by atoms with van der Waals surface area (Å²) in [5.41, 5.74) is 1.23. The van der Waals surface area contributed by atoms with Gasteiger partial charge in [0, 0.05) is 12.1 Å². The maximum Gasteiger partial charge on any atom is 0.335 e. The number of amides is 1. The number of carbonyl (C=O) groups is 2. The van der Waals surface area contributed by atoms with E-state index in [-0.39, 0.29) is 30.3 Å². The Bertz CT molecular complexity index is 792. The number of nitrogens with zero attached hydrogens (tertiary/aromatic N) is 1. The molecule has 1 aliphatic rings. The number of benzene rings is 2. The molecule has 130 valence electrons. The van der Waals surface area contributed by atoms with Crippen LogP contribution in [0.3, 0.4) is 0 Å². The number of hydrogen-bond donors (Lipinski definition) is 1. The van der Waals surface area contributed by atoms with Gasteiger partial charge in [0.25, 0.3) is 0 Å². The van der Waals surface area contributed by atoms with E-state index in [1.54, 1.807) is 35.2 Å². The number of morpholine rings is 1. The second-order valence-corrected chi connectivity index (χ2v) is 5.90. The summed E-state index contributed by atoms with van der Waals surface area (Å²) in [6, 6.07) is 12.7. The SMILES string of the molecule is O=C(O)c1cccc(CC(=O)N2CCO[C@@H](c3ccccc3F)C2)c1. The van der Waals surface area contributed by atoms with Gasteiger partial charge >= 0.3 is 5.97 Å². The lowest BCUT2D eigenvalue weighted by Crippen LogP contribution is -2.43. The second kappa shape index (κ2) is 7.44. The highest BCUT2D eigenvalue weighted by molar-refractivity contribution is 5.88. The van der Waals surface area contributed by atoms with Gasteiger partial charge < -0.3 is 14.7 Å². The fraction of sp³-hybridized carbons (Fsp3) is 0.263.